The maximum Gasteiger partial charge on any atom is 0.258 e. The first-order valence-electron chi connectivity index (χ1n) is 5.79. The molecular weight excluding hydrogens is 272 g/mol. The fraction of sp³-hybridized carbons (Fsp3) is 0.545. The average Bonchev–Trinajstić information content (AvgIpc) is 2.79. The molecule has 1 atom stereocenters. The second-order valence-electron chi connectivity index (χ2n) is 4.62. The largest absolute Gasteiger partial charge is 0.365 e. The molecule has 2 heterocycles. The molecule has 1 aliphatic heterocycles. The Labute approximate surface area is 111 Å². The topological polar surface area (TPSA) is 80.5 Å². The van der Waals surface area contributed by atoms with Gasteiger partial charge in [-0.3, -0.25) is 4.79 Å². The van der Waals surface area contributed by atoms with Gasteiger partial charge < -0.3 is 5.73 Å². The molecule has 0 radical (unpaired) electrons. The lowest BCUT2D eigenvalue weighted by Crippen LogP contribution is -2.38. The SMILES string of the molecule is C[C@H]1CCCN(S(=O)(=O)c2csc(C(N)=O)c2)C1. The summed E-state index contributed by atoms with van der Waals surface area (Å²) in [5, 5.41) is 1.48. The van der Waals surface area contributed by atoms with Crippen molar-refractivity contribution in [3.8, 4) is 0 Å². The first-order chi connectivity index (χ1) is 8.41. The molecule has 2 N–H and O–H groups in total. The van der Waals surface area contributed by atoms with Crippen molar-refractivity contribution in [1.29, 1.82) is 0 Å². The van der Waals surface area contributed by atoms with Gasteiger partial charge in [0.1, 0.15) is 0 Å². The minimum absolute atomic E-state index is 0.176. The quantitative estimate of drug-likeness (QED) is 0.909. The molecule has 18 heavy (non-hydrogen) atoms. The smallest absolute Gasteiger partial charge is 0.258 e. The number of carbonyl (C=O) groups excluding carboxylic acids is 1. The van der Waals surface area contributed by atoms with Crippen LogP contribution in [-0.4, -0.2) is 31.7 Å². The Morgan fingerprint density at radius 3 is 2.83 bits per heavy atom. The molecule has 100 valence electrons. The van der Waals surface area contributed by atoms with Crippen LogP contribution in [0.15, 0.2) is 16.3 Å². The van der Waals surface area contributed by atoms with Crippen molar-refractivity contribution in [3.05, 3.63) is 16.3 Å². The van der Waals surface area contributed by atoms with E-state index in [0.29, 0.717) is 19.0 Å². The highest BCUT2D eigenvalue weighted by Crippen LogP contribution is 2.26. The predicted octanol–water partition coefficient (Wildman–Crippen LogP) is 1.27. The third kappa shape index (κ3) is 2.57. The van der Waals surface area contributed by atoms with Crippen LogP contribution in [0.1, 0.15) is 29.4 Å². The molecule has 0 aliphatic carbocycles. The summed E-state index contributed by atoms with van der Waals surface area (Å²) in [7, 11) is -3.47. The zero-order valence-corrected chi connectivity index (χ0v) is 11.8. The van der Waals surface area contributed by atoms with Crippen LogP contribution in [0.3, 0.4) is 0 Å². The van der Waals surface area contributed by atoms with E-state index in [1.807, 2.05) is 6.92 Å². The van der Waals surface area contributed by atoms with Gasteiger partial charge in [0.25, 0.3) is 5.91 Å². The molecule has 1 amide bonds. The predicted molar refractivity (Wildman–Crippen MR) is 70.0 cm³/mol. The fourth-order valence-electron chi connectivity index (χ4n) is 2.10. The number of rotatable bonds is 3. The molecule has 1 aromatic rings. The zero-order chi connectivity index (χ0) is 13.3. The van der Waals surface area contributed by atoms with Crippen LogP contribution in [0, 0.1) is 5.92 Å². The molecule has 0 bridgehead atoms. The zero-order valence-electron chi connectivity index (χ0n) is 10.1. The van der Waals surface area contributed by atoms with Gasteiger partial charge in [0.05, 0.1) is 9.77 Å². The molecule has 1 aliphatic rings. The lowest BCUT2D eigenvalue weighted by molar-refractivity contribution is 0.100. The summed E-state index contributed by atoms with van der Waals surface area (Å²) >= 11 is 1.07. The maximum atomic E-state index is 12.3. The van der Waals surface area contributed by atoms with E-state index in [4.69, 9.17) is 5.73 Å². The highest BCUT2D eigenvalue weighted by molar-refractivity contribution is 7.89. The summed E-state index contributed by atoms with van der Waals surface area (Å²) in [5.41, 5.74) is 5.13. The van der Waals surface area contributed by atoms with Crippen molar-refractivity contribution in [2.24, 2.45) is 11.7 Å². The Morgan fingerprint density at radius 2 is 2.28 bits per heavy atom. The lowest BCUT2D eigenvalue weighted by Gasteiger charge is -2.29. The highest BCUT2D eigenvalue weighted by Gasteiger charge is 2.29. The molecule has 1 fully saturated rings. The van der Waals surface area contributed by atoms with Crippen LogP contribution < -0.4 is 5.73 Å². The van der Waals surface area contributed by atoms with Crippen LogP contribution in [0.25, 0.3) is 0 Å². The first kappa shape index (κ1) is 13.5. The number of thiophene rings is 1. The van der Waals surface area contributed by atoms with Crippen molar-refractivity contribution in [2.75, 3.05) is 13.1 Å². The van der Waals surface area contributed by atoms with Gasteiger partial charge in [-0.2, -0.15) is 4.31 Å². The molecule has 0 spiro atoms. The Balaban J connectivity index is 2.26. The normalized spacial score (nSPS) is 21.9. The van der Waals surface area contributed by atoms with Crippen LogP contribution in [-0.2, 0) is 10.0 Å². The highest BCUT2D eigenvalue weighted by atomic mass is 32.2. The summed E-state index contributed by atoms with van der Waals surface area (Å²) in [6.07, 6.45) is 1.94. The number of primary amides is 1. The summed E-state index contributed by atoms with van der Waals surface area (Å²) in [4.78, 5) is 11.4. The van der Waals surface area contributed by atoms with Crippen molar-refractivity contribution >= 4 is 27.3 Å². The number of nitrogens with zero attached hydrogens (tertiary/aromatic N) is 1. The van der Waals surface area contributed by atoms with Crippen LogP contribution in [0.4, 0.5) is 0 Å². The maximum absolute atomic E-state index is 12.3. The number of sulfonamides is 1. The van der Waals surface area contributed by atoms with Crippen LogP contribution in [0.5, 0.6) is 0 Å². The number of carbonyl (C=O) groups is 1. The van der Waals surface area contributed by atoms with E-state index in [0.717, 1.165) is 24.2 Å². The number of hydrogen-bond acceptors (Lipinski definition) is 4. The Hall–Kier alpha value is -0.920. The minimum atomic E-state index is -3.47. The van der Waals surface area contributed by atoms with Crippen molar-refractivity contribution < 1.29 is 13.2 Å². The van der Waals surface area contributed by atoms with E-state index in [2.05, 4.69) is 0 Å². The van der Waals surface area contributed by atoms with Gasteiger partial charge >= 0.3 is 0 Å². The third-order valence-electron chi connectivity index (χ3n) is 3.08. The number of nitrogens with two attached hydrogens (primary N) is 1. The Bertz CT molecular complexity index is 550. The molecular formula is C11H16N2O3S2. The second-order valence-corrected chi connectivity index (χ2v) is 7.47. The van der Waals surface area contributed by atoms with Crippen molar-refractivity contribution in [2.45, 2.75) is 24.7 Å². The molecule has 5 nitrogen and oxygen atoms in total. The van der Waals surface area contributed by atoms with Crippen molar-refractivity contribution in [1.82, 2.24) is 4.31 Å². The van der Waals surface area contributed by atoms with Gasteiger partial charge in [-0.1, -0.05) is 6.92 Å². The summed E-state index contributed by atoms with van der Waals surface area (Å²) in [6.45, 7) is 3.14. The van der Waals surface area contributed by atoms with Gasteiger partial charge in [0.15, 0.2) is 0 Å². The third-order valence-corrected chi connectivity index (χ3v) is 6.01. The molecule has 1 aromatic heterocycles. The van der Waals surface area contributed by atoms with E-state index in [1.54, 1.807) is 0 Å². The van der Waals surface area contributed by atoms with Crippen LogP contribution in [0.2, 0.25) is 0 Å². The van der Waals surface area contributed by atoms with Gasteiger partial charge in [-0.05, 0) is 24.8 Å². The number of amides is 1. The summed E-state index contributed by atoms with van der Waals surface area (Å²) in [6, 6.07) is 1.36. The average molecular weight is 288 g/mol. The lowest BCUT2D eigenvalue weighted by atomic mass is 10.0. The summed E-state index contributed by atoms with van der Waals surface area (Å²) < 4.78 is 26.2. The van der Waals surface area contributed by atoms with Crippen molar-refractivity contribution in [3.63, 3.8) is 0 Å². The summed E-state index contributed by atoms with van der Waals surface area (Å²) in [5.74, 6) is -0.212. The van der Waals surface area contributed by atoms with Gasteiger partial charge in [-0.15, -0.1) is 11.3 Å². The Kier molecular flexibility index (Phi) is 3.74. The monoisotopic (exact) mass is 288 g/mol. The van der Waals surface area contributed by atoms with E-state index in [-0.39, 0.29) is 9.77 Å². The minimum Gasteiger partial charge on any atom is -0.365 e. The number of piperidine rings is 1. The van der Waals surface area contributed by atoms with Gasteiger partial charge in [0, 0.05) is 18.5 Å². The fourth-order valence-corrected chi connectivity index (χ4v) is 4.81. The van der Waals surface area contributed by atoms with E-state index >= 15 is 0 Å². The van der Waals surface area contributed by atoms with Crippen LogP contribution >= 0.6 is 11.3 Å². The van der Waals surface area contributed by atoms with Gasteiger partial charge in [0.2, 0.25) is 10.0 Å². The van der Waals surface area contributed by atoms with E-state index in [1.165, 1.54) is 15.8 Å². The Morgan fingerprint density at radius 1 is 1.56 bits per heavy atom. The standard InChI is InChI=1S/C11H16N2O3S2/c1-8-3-2-4-13(6-8)18(15,16)9-5-10(11(12)14)17-7-9/h5,7-8H,2-4,6H2,1H3,(H2,12,14)/t8-/m0/s1. The number of hydrogen-bond donors (Lipinski definition) is 1. The molecule has 1 saturated heterocycles. The second kappa shape index (κ2) is 4.99. The molecule has 7 heteroatoms. The molecule has 0 saturated carbocycles. The van der Waals surface area contributed by atoms with E-state index in [9.17, 15) is 13.2 Å². The molecule has 0 aromatic carbocycles. The van der Waals surface area contributed by atoms with E-state index < -0.39 is 15.9 Å². The first-order valence-corrected chi connectivity index (χ1v) is 8.11. The molecule has 0 unspecified atom stereocenters. The van der Waals surface area contributed by atoms with Gasteiger partial charge in [-0.25, -0.2) is 8.42 Å². The molecule has 2 rings (SSSR count).